The van der Waals surface area contributed by atoms with Crippen LogP contribution in [-0.2, 0) is 18.3 Å². The van der Waals surface area contributed by atoms with Crippen LogP contribution in [0.25, 0.3) is 11.2 Å². The van der Waals surface area contributed by atoms with Gasteiger partial charge in [0.05, 0.1) is 19.2 Å². The predicted molar refractivity (Wildman–Crippen MR) is 79.6 cm³/mol. The maximum Gasteiger partial charge on any atom is 0.333 e. The number of hydrogen-bond donors (Lipinski definition) is 1. The van der Waals surface area contributed by atoms with Crippen LogP contribution in [0.4, 0.5) is 0 Å². The van der Waals surface area contributed by atoms with Crippen LogP contribution >= 0.6 is 0 Å². The van der Waals surface area contributed by atoms with Crippen LogP contribution < -0.4 is 17.0 Å². The van der Waals surface area contributed by atoms with Crippen molar-refractivity contribution in [2.45, 2.75) is 26.4 Å². The monoisotopic (exact) mass is 295 g/mol. The third kappa shape index (κ3) is 2.40. The molecule has 8 heteroatoms. The quantitative estimate of drug-likeness (QED) is 0.792. The minimum atomic E-state index is -0.402. The Labute approximate surface area is 121 Å². The third-order valence-corrected chi connectivity index (χ3v) is 3.72. The van der Waals surface area contributed by atoms with Gasteiger partial charge in [0.2, 0.25) is 0 Å². The summed E-state index contributed by atoms with van der Waals surface area (Å²) in [6.45, 7) is 4.45. The van der Waals surface area contributed by atoms with E-state index in [0.717, 1.165) is 0 Å². The summed E-state index contributed by atoms with van der Waals surface area (Å²) in [5.74, 6) is 0.672. The van der Waals surface area contributed by atoms with Crippen molar-refractivity contribution in [3.05, 3.63) is 26.7 Å². The van der Waals surface area contributed by atoms with Crippen LogP contribution in [-0.4, -0.2) is 38.9 Å². The van der Waals surface area contributed by atoms with Crippen LogP contribution in [0.15, 0.2) is 9.59 Å². The summed E-state index contributed by atoms with van der Waals surface area (Å²) in [6, 6.07) is -0.376. The molecule has 0 aromatic carbocycles. The Kier molecular flexibility index (Phi) is 4.29. The van der Waals surface area contributed by atoms with Crippen LogP contribution in [0.1, 0.15) is 18.8 Å². The number of aryl methyl sites for hydroxylation is 2. The van der Waals surface area contributed by atoms with E-state index in [1.54, 1.807) is 32.6 Å². The number of methoxy groups -OCH3 is 1. The Morgan fingerprint density at radius 2 is 2.05 bits per heavy atom. The molecular weight excluding hydrogens is 274 g/mol. The zero-order chi connectivity index (χ0) is 15.7. The zero-order valence-electron chi connectivity index (χ0n) is 12.8. The van der Waals surface area contributed by atoms with Gasteiger partial charge in [-0.2, -0.15) is 0 Å². The van der Waals surface area contributed by atoms with E-state index in [4.69, 9.17) is 10.5 Å². The molecule has 0 fully saturated rings. The van der Waals surface area contributed by atoms with Crippen LogP contribution in [0.2, 0.25) is 0 Å². The molecule has 0 aliphatic heterocycles. The lowest BCUT2D eigenvalue weighted by molar-refractivity contribution is 0.186. The number of nitrogens with zero attached hydrogens (tertiary/aromatic N) is 4. The van der Waals surface area contributed by atoms with Crippen molar-refractivity contribution < 1.29 is 4.74 Å². The first-order valence-electron chi connectivity index (χ1n) is 6.81. The van der Waals surface area contributed by atoms with Crippen molar-refractivity contribution in [2.75, 3.05) is 20.3 Å². The smallest absolute Gasteiger partial charge is 0.333 e. The van der Waals surface area contributed by atoms with Crippen LogP contribution in [0.3, 0.4) is 0 Å². The second-order valence-electron chi connectivity index (χ2n) is 5.08. The number of nitrogens with two attached hydrogens (primary N) is 1. The summed E-state index contributed by atoms with van der Waals surface area (Å²) < 4.78 is 9.40. The van der Waals surface area contributed by atoms with Gasteiger partial charge in [0.1, 0.15) is 5.82 Å². The SMILES string of the molecule is COCCn1c(=O)n(C(C)CN)c(=O)c2c1nc(C)n2C. The lowest BCUT2D eigenvalue weighted by Gasteiger charge is -2.15. The van der Waals surface area contributed by atoms with Crippen molar-refractivity contribution in [3.8, 4) is 0 Å². The Hall–Kier alpha value is -1.93. The molecule has 0 saturated heterocycles. The average molecular weight is 295 g/mol. The highest BCUT2D eigenvalue weighted by molar-refractivity contribution is 5.71. The van der Waals surface area contributed by atoms with Gasteiger partial charge in [0.15, 0.2) is 11.2 Å². The standard InChI is InChI=1S/C13H21N5O3/c1-8(7-14)18-12(19)10-11(15-9(2)16(10)3)17(13(18)20)5-6-21-4/h8H,5-7,14H2,1-4H3. The molecule has 1 atom stereocenters. The van der Waals surface area contributed by atoms with Crippen LogP contribution in [0, 0.1) is 6.92 Å². The number of rotatable bonds is 5. The molecule has 2 rings (SSSR count). The second-order valence-corrected chi connectivity index (χ2v) is 5.08. The lowest BCUT2D eigenvalue weighted by atomic mass is 10.3. The number of hydrogen-bond acceptors (Lipinski definition) is 5. The van der Waals surface area contributed by atoms with Crippen molar-refractivity contribution >= 4 is 11.2 Å². The first kappa shape index (κ1) is 15.5. The summed E-state index contributed by atoms with van der Waals surface area (Å²) in [6.07, 6.45) is 0. The molecule has 116 valence electrons. The first-order valence-corrected chi connectivity index (χ1v) is 6.81. The minimum absolute atomic E-state index is 0.210. The van der Waals surface area contributed by atoms with Crippen molar-refractivity contribution in [3.63, 3.8) is 0 Å². The van der Waals surface area contributed by atoms with Gasteiger partial charge in [-0.3, -0.25) is 13.9 Å². The summed E-state index contributed by atoms with van der Waals surface area (Å²) in [4.78, 5) is 29.5. The van der Waals surface area contributed by atoms with Gasteiger partial charge in [-0.05, 0) is 13.8 Å². The molecular formula is C13H21N5O3. The molecule has 2 heterocycles. The Morgan fingerprint density at radius 3 is 2.62 bits per heavy atom. The van der Waals surface area contributed by atoms with Crippen molar-refractivity contribution in [1.82, 2.24) is 18.7 Å². The molecule has 0 bridgehead atoms. The van der Waals surface area contributed by atoms with Crippen molar-refractivity contribution in [1.29, 1.82) is 0 Å². The van der Waals surface area contributed by atoms with Crippen LogP contribution in [0.5, 0.6) is 0 Å². The van der Waals surface area contributed by atoms with E-state index >= 15 is 0 Å². The highest BCUT2D eigenvalue weighted by Gasteiger charge is 2.20. The van der Waals surface area contributed by atoms with E-state index in [1.807, 2.05) is 0 Å². The topological polar surface area (TPSA) is 97.1 Å². The fourth-order valence-electron chi connectivity index (χ4n) is 2.32. The van der Waals surface area contributed by atoms with Gasteiger partial charge in [0.25, 0.3) is 5.56 Å². The number of fused-ring (bicyclic) bond motifs is 1. The molecule has 0 radical (unpaired) electrons. The summed E-state index contributed by atoms with van der Waals surface area (Å²) in [7, 11) is 3.32. The number of imidazole rings is 1. The first-order chi connectivity index (χ1) is 9.93. The highest BCUT2D eigenvalue weighted by Crippen LogP contribution is 2.10. The fourth-order valence-corrected chi connectivity index (χ4v) is 2.32. The minimum Gasteiger partial charge on any atom is -0.383 e. The highest BCUT2D eigenvalue weighted by atomic mass is 16.5. The van der Waals surface area contributed by atoms with E-state index in [2.05, 4.69) is 4.98 Å². The molecule has 0 amide bonds. The van der Waals surface area contributed by atoms with E-state index in [1.165, 1.54) is 9.13 Å². The second kappa shape index (κ2) is 5.82. The predicted octanol–water partition coefficient (Wildman–Crippen LogP) is -0.629. The summed E-state index contributed by atoms with van der Waals surface area (Å²) in [5, 5.41) is 0. The zero-order valence-corrected chi connectivity index (χ0v) is 12.8. The van der Waals surface area contributed by atoms with Gasteiger partial charge >= 0.3 is 5.69 Å². The molecule has 21 heavy (non-hydrogen) atoms. The summed E-state index contributed by atoms with van der Waals surface area (Å²) in [5.41, 5.74) is 5.66. The fraction of sp³-hybridized carbons (Fsp3) is 0.615. The number of aromatic nitrogens is 4. The van der Waals surface area contributed by atoms with Gasteiger partial charge in [-0.25, -0.2) is 9.78 Å². The molecule has 2 aromatic rings. The molecule has 2 aromatic heterocycles. The largest absolute Gasteiger partial charge is 0.383 e. The van der Waals surface area contributed by atoms with E-state index in [9.17, 15) is 9.59 Å². The molecule has 8 nitrogen and oxygen atoms in total. The van der Waals surface area contributed by atoms with E-state index in [0.29, 0.717) is 30.1 Å². The molecule has 0 saturated carbocycles. The third-order valence-electron chi connectivity index (χ3n) is 3.72. The normalized spacial score (nSPS) is 13.0. The maximum atomic E-state index is 12.6. The van der Waals surface area contributed by atoms with Gasteiger partial charge in [0, 0.05) is 20.7 Å². The molecule has 1 unspecified atom stereocenters. The molecule has 0 aliphatic carbocycles. The van der Waals surface area contributed by atoms with Gasteiger partial charge < -0.3 is 15.0 Å². The van der Waals surface area contributed by atoms with E-state index < -0.39 is 5.69 Å². The Bertz CT molecular complexity index is 771. The van der Waals surface area contributed by atoms with Crippen molar-refractivity contribution in [2.24, 2.45) is 12.8 Å². The molecule has 0 aliphatic rings. The Balaban J connectivity index is 2.89. The summed E-state index contributed by atoms with van der Waals surface area (Å²) >= 11 is 0. The molecule has 2 N–H and O–H groups in total. The van der Waals surface area contributed by atoms with E-state index in [-0.39, 0.29) is 18.1 Å². The van der Waals surface area contributed by atoms with Gasteiger partial charge in [-0.1, -0.05) is 0 Å². The molecule has 0 spiro atoms. The number of ether oxygens (including phenoxy) is 1. The lowest BCUT2D eigenvalue weighted by Crippen LogP contribution is -2.44. The van der Waals surface area contributed by atoms with Gasteiger partial charge in [-0.15, -0.1) is 0 Å². The maximum absolute atomic E-state index is 12.6. The average Bonchev–Trinajstić information content (AvgIpc) is 2.74. The Morgan fingerprint density at radius 1 is 1.38 bits per heavy atom.